The molecule has 0 bridgehead atoms. The molecule has 0 saturated heterocycles. The van der Waals surface area contributed by atoms with E-state index in [4.69, 9.17) is 5.73 Å². The summed E-state index contributed by atoms with van der Waals surface area (Å²) in [5, 5.41) is 26.4. The fraction of sp³-hybridized carbons (Fsp3) is 0.625. The van der Waals surface area contributed by atoms with E-state index in [1.165, 1.54) is 0 Å². The molecule has 2 atom stereocenters. The van der Waals surface area contributed by atoms with E-state index in [0.29, 0.717) is 23.0 Å². The predicted molar refractivity (Wildman–Crippen MR) is 57.1 cm³/mol. The van der Waals surface area contributed by atoms with Gasteiger partial charge in [0.25, 0.3) is 0 Å². The van der Waals surface area contributed by atoms with Crippen LogP contribution >= 0.6 is 15.9 Å². The number of hydrogen-bond donors (Lipinski definition) is 4. The monoisotopic (exact) mass is 263 g/mol. The van der Waals surface area contributed by atoms with Crippen molar-refractivity contribution in [1.82, 2.24) is 10.2 Å². The van der Waals surface area contributed by atoms with Gasteiger partial charge in [0.2, 0.25) is 0 Å². The van der Waals surface area contributed by atoms with Crippen molar-refractivity contribution in [3.63, 3.8) is 0 Å². The van der Waals surface area contributed by atoms with E-state index >= 15 is 0 Å². The zero-order valence-corrected chi connectivity index (χ0v) is 9.45. The minimum absolute atomic E-state index is 0.239. The molecule has 0 radical (unpaired) electrons. The van der Waals surface area contributed by atoms with Crippen molar-refractivity contribution in [3.05, 3.63) is 11.3 Å². The van der Waals surface area contributed by atoms with Gasteiger partial charge in [-0.2, -0.15) is 5.10 Å². The summed E-state index contributed by atoms with van der Waals surface area (Å²) in [6, 6.07) is 0. The summed E-state index contributed by atoms with van der Waals surface area (Å²) in [5.74, 6) is 0.239. The number of aromatic amines is 1. The molecule has 6 heteroatoms. The summed E-state index contributed by atoms with van der Waals surface area (Å²) >= 11 is 3.19. The Kier molecular flexibility index (Phi) is 3.91. The van der Waals surface area contributed by atoms with Crippen LogP contribution in [0.2, 0.25) is 0 Å². The molecule has 2 unspecified atom stereocenters. The second kappa shape index (κ2) is 4.77. The van der Waals surface area contributed by atoms with Crippen LogP contribution in [0.4, 0.5) is 5.82 Å². The second-order valence-electron chi connectivity index (χ2n) is 3.14. The molecule has 80 valence electrons. The smallest absolute Gasteiger partial charge is 0.151 e. The van der Waals surface area contributed by atoms with Crippen LogP contribution in [0.25, 0.3) is 0 Å². The van der Waals surface area contributed by atoms with Crippen LogP contribution < -0.4 is 5.73 Å². The summed E-state index contributed by atoms with van der Waals surface area (Å²) in [6.45, 7) is 1.75. The van der Waals surface area contributed by atoms with Crippen molar-refractivity contribution < 1.29 is 10.2 Å². The number of aliphatic hydroxyl groups is 2. The standard InChI is InChI=1S/C8H14BrN3O2/c1-4-6(8(10)12-11-4)7(14)5(13)2-3-9/h5,7,13-14H,2-3H2,1H3,(H3,10,11,12). The van der Waals surface area contributed by atoms with Crippen LogP contribution in [-0.4, -0.2) is 31.8 Å². The lowest BCUT2D eigenvalue weighted by molar-refractivity contribution is 0.0174. The largest absolute Gasteiger partial charge is 0.390 e. The fourth-order valence-electron chi connectivity index (χ4n) is 1.29. The first kappa shape index (κ1) is 11.5. The Morgan fingerprint density at radius 3 is 2.64 bits per heavy atom. The molecular formula is C8H14BrN3O2. The number of H-pyrrole nitrogens is 1. The second-order valence-corrected chi connectivity index (χ2v) is 3.93. The third-order valence-electron chi connectivity index (χ3n) is 2.09. The number of alkyl halides is 1. The molecule has 5 nitrogen and oxygen atoms in total. The Bertz CT molecular complexity index is 283. The highest BCUT2D eigenvalue weighted by molar-refractivity contribution is 9.09. The zero-order valence-electron chi connectivity index (χ0n) is 7.87. The zero-order chi connectivity index (χ0) is 10.7. The summed E-state index contributed by atoms with van der Waals surface area (Å²) in [6.07, 6.45) is -1.34. The molecule has 1 heterocycles. The topological polar surface area (TPSA) is 95.2 Å². The Labute approximate surface area is 90.4 Å². The van der Waals surface area contributed by atoms with E-state index in [1.54, 1.807) is 6.92 Å². The first-order chi connectivity index (χ1) is 6.57. The number of nitrogens with zero attached hydrogens (tertiary/aromatic N) is 1. The van der Waals surface area contributed by atoms with Gasteiger partial charge in [-0.1, -0.05) is 15.9 Å². The fourth-order valence-corrected chi connectivity index (χ4v) is 1.76. The highest BCUT2D eigenvalue weighted by Crippen LogP contribution is 2.25. The van der Waals surface area contributed by atoms with E-state index in [2.05, 4.69) is 26.1 Å². The van der Waals surface area contributed by atoms with Gasteiger partial charge in [-0.15, -0.1) is 0 Å². The van der Waals surface area contributed by atoms with Gasteiger partial charge in [0, 0.05) is 16.6 Å². The van der Waals surface area contributed by atoms with Crippen LogP contribution in [-0.2, 0) is 0 Å². The lowest BCUT2D eigenvalue weighted by Gasteiger charge is -2.16. The van der Waals surface area contributed by atoms with E-state index in [-0.39, 0.29) is 5.82 Å². The number of nitrogen functional groups attached to an aromatic ring is 1. The predicted octanol–water partition coefficient (Wildman–Crippen LogP) is 0.480. The van der Waals surface area contributed by atoms with Crippen molar-refractivity contribution in [2.24, 2.45) is 0 Å². The number of anilines is 1. The summed E-state index contributed by atoms with van der Waals surface area (Å²) in [4.78, 5) is 0. The van der Waals surface area contributed by atoms with Gasteiger partial charge in [-0.05, 0) is 13.3 Å². The number of aliphatic hydroxyl groups excluding tert-OH is 2. The van der Waals surface area contributed by atoms with Crippen LogP contribution in [0.1, 0.15) is 23.8 Å². The van der Waals surface area contributed by atoms with E-state index in [0.717, 1.165) is 0 Å². The van der Waals surface area contributed by atoms with Crippen LogP contribution in [0.5, 0.6) is 0 Å². The summed E-state index contributed by atoms with van der Waals surface area (Å²) in [7, 11) is 0. The molecule has 1 rings (SSSR count). The molecule has 0 aliphatic heterocycles. The highest BCUT2D eigenvalue weighted by Gasteiger charge is 2.23. The molecule has 0 aliphatic rings. The molecule has 0 spiro atoms. The van der Waals surface area contributed by atoms with Crippen LogP contribution in [0.3, 0.4) is 0 Å². The van der Waals surface area contributed by atoms with Gasteiger partial charge in [-0.25, -0.2) is 0 Å². The van der Waals surface area contributed by atoms with Crippen molar-refractivity contribution in [2.45, 2.75) is 25.6 Å². The molecule has 14 heavy (non-hydrogen) atoms. The summed E-state index contributed by atoms with van der Waals surface area (Å²) in [5.41, 5.74) is 6.72. The highest BCUT2D eigenvalue weighted by atomic mass is 79.9. The third-order valence-corrected chi connectivity index (χ3v) is 2.55. The van der Waals surface area contributed by atoms with Gasteiger partial charge >= 0.3 is 0 Å². The molecular weight excluding hydrogens is 250 g/mol. The Hall–Kier alpha value is -0.590. The van der Waals surface area contributed by atoms with Gasteiger partial charge in [0.15, 0.2) is 5.82 Å². The normalized spacial score (nSPS) is 15.4. The molecule has 0 fully saturated rings. The number of aromatic nitrogens is 2. The average molecular weight is 264 g/mol. The van der Waals surface area contributed by atoms with Crippen LogP contribution in [0.15, 0.2) is 0 Å². The molecule has 1 aromatic heterocycles. The molecule has 5 N–H and O–H groups in total. The van der Waals surface area contributed by atoms with Crippen LogP contribution in [0, 0.1) is 6.92 Å². The molecule has 0 saturated carbocycles. The average Bonchev–Trinajstić information content (AvgIpc) is 2.46. The third kappa shape index (κ3) is 2.26. The number of aryl methyl sites for hydroxylation is 1. The SMILES string of the molecule is Cc1[nH]nc(N)c1C(O)C(O)CCBr. The number of nitrogens with one attached hydrogen (secondary N) is 1. The number of halogens is 1. The van der Waals surface area contributed by atoms with Crippen molar-refractivity contribution in [2.75, 3.05) is 11.1 Å². The minimum atomic E-state index is -0.980. The minimum Gasteiger partial charge on any atom is -0.390 e. The summed E-state index contributed by atoms with van der Waals surface area (Å²) < 4.78 is 0. The Balaban J connectivity index is 2.82. The Morgan fingerprint density at radius 2 is 2.21 bits per heavy atom. The van der Waals surface area contributed by atoms with Crippen molar-refractivity contribution >= 4 is 21.7 Å². The van der Waals surface area contributed by atoms with Gasteiger partial charge in [0.1, 0.15) is 6.10 Å². The van der Waals surface area contributed by atoms with Gasteiger partial charge in [-0.3, -0.25) is 5.10 Å². The van der Waals surface area contributed by atoms with E-state index < -0.39 is 12.2 Å². The Morgan fingerprint density at radius 1 is 1.57 bits per heavy atom. The number of hydrogen-bond acceptors (Lipinski definition) is 4. The lowest BCUT2D eigenvalue weighted by Crippen LogP contribution is -2.19. The lowest BCUT2D eigenvalue weighted by atomic mass is 10.0. The molecule has 1 aromatic rings. The maximum atomic E-state index is 9.76. The number of nitrogens with two attached hydrogens (primary N) is 1. The maximum absolute atomic E-state index is 9.76. The number of rotatable bonds is 4. The first-order valence-corrected chi connectivity index (χ1v) is 5.42. The maximum Gasteiger partial charge on any atom is 0.151 e. The molecule has 0 amide bonds. The van der Waals surface area contributed by atoms with E-state index in [1.807, 2.05) is 0 Å². The van der Waals surface area contributed by atoms with Gasteiger partial charge < -0.3 is 15.9 Å². The first-order valence-electron chi connectivity index (χ1n) is 4.30. The van der Waals surface area contributed by atoms with Crippen molar-refractivity contribution in [1.29, 1.82) is 0 Å². The van der Waals surface area contributed by atoms with Gasteiger partial charge in [0.05, 0.1) is 6.10 Å². The van der Waals surface area contributed by atoms with Crippen molar-refractivity contribution in [3.8, 4) is 0 Å². The molecule has 0 aromatic carbocycles. The van der Waals surface area contributed by atoms with E-state index in [9.17, 15) is 10.2 Å². The quantitative estimate of drug-likeness (QED) is 0.595. The molecule has 0 aliphatic carbocycles.